The van der Waals surface area contributed by atoms with E-state index in [-0.39, 0.29) is 0 Å². The van der Waals surface area contributed by atoms with Crippen molar-refractivity contribution < 1.29 is 0 Å². The van der Waals surface area contributed by atoms with Gasteiger partial charge >= 0.3 is 0 Å². The van der Waals surface area contributed by atoms with Gasteiger partial charge in [-0.1, -0.05) is 64.5 Å². The Balaban J connectivity index is 2.02. The summed E-state index contributed by atoms with van der Waals surface area (Å²) in [4.78, 5) is 0. The van der Waals surface area contributed by atoms with Crippen molar-refractivity contribution in [2.75, 3.05) is 0 Å². The second kappa shape index (κ2) is 4.28. The number of para-hydroxylation sites is 2. The van der Waals surface area contributed by atoms with E-state index in [1.807, 2.05) is 0 Å². The quantitative estimate of drug-likeness (QED) is 0.278. The fourth-order valence-electron chi connectivity index (χ4n) is 4.16. The molecule has 2 heterocycles. The lowest BCUT2D eigenvalue weighted by atomic mass is 10.0. The molecule has 0 aliphatic rings. The lowest BCUT2D eigenvalue weighted by Gasteiger charge is -2.03. The maximum atomic E-state index is 3.70. The van der Waals surface area contributed by atoms with Crippen LogP contribution in [0.4, 0.5) is 0 Å². The average molecular weight is 370 g/mol. The van der Waals surface area contributed by atoms with E-state index in [1.54, 1.807) is 0 Å². The molecule has 0 N–H and O–H groups in total. The highest BCUT2D eigenvalue weighted by Gasteiger charge is 2.17. The van der Waals surface area contributed by atoms with Crippen LogP contribution in [0.15, 0.2) is 77.3 Å². The maximum absolute atomic E-state index is 3.70. The topological polar surface area (TPSA) is 4.41 Å². The number of benzene rings is 4. The third-order valence-electron chi connectivity index (χ3n) is 5.17. The predicted octanol–water partition coefficient (Wildman–Crippen LogP) is 6.75. The number of nitrogens with zero attached hydrogens (tertiary/aromatic N) is 1. The minimum absolute atomic E-state index is 1.15. The van der Waals surface area contributed by atoms with Crippen LogP contribution in [0.5, 0.6) is 0 Å². The van der Waals surface area contributed by atoms with Crippen molar-refractivity contribution in [2.24, 2.45) is 0 Å². The molecule has 2 heteroatoms. The van der Waals surface area contributed by atoms with Crippen LogP contribution in [0, 0.1) is 0 Å². The van der Waals surface area contributed by atoms with Gasteiger partial charge in [-0.25, -0.2) is 0 Å². The van der Waals surface area contributed by atoms with Gasteiger partial charge in [0.05, 0.1) is 16.6 Å². The lowest BCUT2D eigenvalue weighted by Crippen LogP contribution is -1.81. The molecular weight excluding hydrogens is 358 g/mol. The molecule has 6 rings (SSSR count). The largest absolute Gasteiger partial charge is 0.308 e. The predicted molar refractivity (Wildman–Crippen MR) is 106 cm³/mol. The molecule has 0 amide bonds. The third-order valence-corrected chi connectivity index (χ3v) is 5.86. The van der Waals surface area contributed by atoms with E-state index in [0.717, 1.165) is 4.47 Å². The molecule has 0 aliphatic carbocycles. The van der Waals surface area contributed by atoms with E-state index in [2.05, 4.69) is 93.1 Å². The first-order chi connectivity index (χ1) is 11.8. The van der Waals surface area contributed by atoms with Crippen LogP contribution in [0.3, 0.4) is 0 Å². The van der Waals surface area contributed by atoms with Gasteiger partial charge in [0.2, 0.25) is 0 Å². The Kier molecular flexibility index (Phi) is 2.28. The molecule has 112 valence electrons. The fourth-order valence-corrected chi connectivity index (χ4v) is 4.66. The Hall–Kier alpha value is -2.58. The summed E-state index contributed by atoms with van der Waals surface area (Å²) in [6, 6.07) is 26.4. The molecule has 0 bridgehead atoms. The Morgan fingerprint density at radius 1 is 0.583 bits per heavy atom. The second-order valence-corrected chi connectivity index (χ2v) is 7.24. The van der Waals surface area contributed by atoms with Crippen LogP contribution in [-0.4, -0.2) is 4.40 Å². The zero-order chi connectivity index (χ0) is 15.8. The van der Waals surface area contributed by atoms with Crippen molar-refractivity contribution in [3.63, 3.8) is 0 Å². The lowest BCUT2D eigenvalue weighted by molar-refractivity contribution is 1.37. The molecule has 2 aromatic heterocycles. The van der Waals surface area contributed by atoms with Gasteiger partial charge in [-0.2, -0.15) is 0 Å². The normalized spacial score (nSPS) is 12.4. The minimum atomic E-state index is 1.15. The monoisotopic (exact) mass is 369 g/mol. The number of hydrogen-bond acceptors (Lipinski definition) is 0. The van der Waals surface area contributed by atoms with Gasteiger partial charge in [0, 0.05) is 26.0 Å². The smallest absolute Gasteiger partial charge is 0.0620 e. The van der Waals surface area contributed by atoms with E-state index in [4.69, 9.17) is 0 Å². The first-order valence-corrected chi connectivity index (χ1v) is 8.87. The molecular formula is C22H12BrN. The molecule has 0 unspecified atom stereocenters. The molecule has 0 spiro atoms. The molecule has 0 fully saturated rings. The first-order valence-electron chi connectivity index (χ1n) is 8.08. The van der Waals surface area contributed by atoms with Crippen LogP contribution < -0.4 is 0 Å². The van der Waals surface area contributed by atoms with Gasteiger partial charge in [0.1, 0.15) is 0 Å². The SMILES string of the molecule is Brc1cccc2cc3c(cc12)c1cccc2c4ccccc4n3c21. The minimum Gasteiger partial charge on any atom is -0.308 e. The summed E-state index contributed by atoms with van der Waals surface area (Å²) >= 11 is 3.70. The molecule has 0 saturated heterocycles. The van der Waals surface area contributed by atoms with Crippen LogP contribution in [0.1, 0.15) is 0 Å². The van der Waals surface area contributed by atoms with Gasteiger partial charge in [-0.05, 0) is 35.0 Å². The van der Waals surface area contributed by atoms with Gasteiger partial charge in [0.15, 0.2) is 0 Å². The van der Waals surface area contributed by atoms with E-state index in [9.17, 15) is 0 Å². The number of hydrogen-bond donors (Lipinski definition) is 0. The Bertz CT molecular complexity index is 1410. The summed E-state index contributed by atoms with van der Waals surface area (Å²) in [6.07, 6.45) is 0. The maximum Gasteiger partial charge on any atom is 0.0620 e. The van der Waals surface area contributed by atoms with Crippen molar-refractivity contribution in [2.45, 2.75) is 0 Å². The van der Waals surface area contributed by atoms with Crippen LogP contribution in [0.2, 0.25) is 0 Å². The summed E-state index contributed by atoms with van der Waals surface area (Å²) in [5, 5.41) is 7.85. The van der Waals surface area contributed by atoms with Crippen molar-refractivity contribution in [3.8, 4) is 0 Å². The van der Waals surface area contributed by atoms with E-state index < -0.39 is 0 Å². The van der Waals surface area contributed by atoms with Gasteiger partial charge in [0.25, 0.3) is 0 Å². The summed E-state index contributed by atoms with van der Waals surface area (Å²) in [7, 11) is 0. The van der Waals surface area contributed by atoms with Crippen LogP contribution >= 0.6 is 15.9 Å². The number of aromatic nitrogens is 1. The number of halogens is 1. The zero-order valence-electron chi connectivity index (χ0n) is 12.8. The van der Waals surface area contributed by atoms with E-state index in [1.165, 1.54) is 48.9 Å². The molecule has 1 nitrogen and oxygen atoms in total. The highest BCUT2D eigenvalue weighted by atomic mass is 79.9. The molecule has 4 aromatic carbocycles. The Labute approximate surface area is 146 Å². The number of fused-ring (bicyclic) bond motifs is 7. The zero-order valence-corrected chi connectivity index (χ0v) is 14.3. The highest BCUT2D eigenvalue weighted by Crippen LogP contribution is 2.40. The molecule has 24 heavy (non-hydrogen) atoms. The number of rotatable bonds is 0. The van der Waals surface area contributed by atoms with Crippen molar-refractivity contribution in [3.05, 3.63) is 77.3 Å². The summed E-state index contributed by atoms with van der Waals surface area (Å²) in [6.45, 7) is 0. The van der Waals surface area contributed by atoms with E-state index >= 15 is 0 Å². The van der Waals surface area contributed by atoms with Gasteiger partial charge < -0.3 is 4.40 Å². The van der Waals surface area contributed by atoms with Crippen molar-refractivity contribution in [1.82, 2.24) is 4.40 Å². The highest BCUT2D eigenvalue weighted by molar-refractivity contribution is 9.10. The van der Waals surface area contributed by atoms with Crippen molar-refractivity contribution in [1.29, 1.82) is 0 Å². The summed E-state index contributed by atoms with van der Waals surface area (Å²) in [5.74, 6) is 0. The summed E-state index contributed by atoms with van der Waals surface area (Å²) in [5.41, 5.74) is 3.90. The van der Waals surface area contributed by atoms with E-state index in [0.29, 0.717) is 0 Å². The fraction of sp³-hybridized carbons (Fsp3) is 0. The van der Waals surface area contributed by atoms with Gasteiger partial charge in [-0.3, -0.25) is 0 Å². The molecule has 0 atom stereocenters. The first kappa shape index (κ1) is 12.8. The second-order valence-electron chi connectivity index (χ2n) is 6.38. The molecule has 0 radical (unpaired) electrons. The molecule has 0 saturated carbocycles. The Morgan fingerprint density at radius 3 is 2.25 bits per heavy atom. The standard InChI is InChI=1S/C22H12BrN/c23-19-9-3-5-13-11-21-18(12-17(13)19)16-8-4-7-15-14-6-1-2-10-20(14)24(21)22(15)16/h1-12H. The average Bonchev–Trinajstić information content (AvgIpc) is 3.12. The van der Waals surface area contributed by atoms with Crippen molar-refractivity contribution >= 4 is 64.8 Å². The molecule has 0 aliphatic heterocycles. The van der Waals surface area contributed by atoms with Gasteiger partial charge in [-0.15, -0.1) is 0 Å². The molecule has 6 aromatic rings. The third kappa shape index (κ3) is 1.41. The van der Waals surface area contributed by atoms with Crippen LogP contribution in [-0.2, 0) is 0 Å². The Morgan fingerprint density at radius 2 is 1.33 bits per heavy atom. The summed E-state index contributed by atoms with van der Waals surface area (Å²) < 4.78 is 3.58. The van der Waals surface area contributed by atoms with Crippen LogP contribution in [0.25, 0.3) is 48.9 Å².